The first-order valence-corrected chi connectivity index (χ1v) is 12.2. The van der Waals surface area contributed by atoms with Crippen LogP contribution in [0.5, 0.6) is 0 Å². The van der Waals surface area contributed by atoms with Crippen molar-refractivity contribution in [1.82, 2.24) is 19.9 Å². The predicted octanol–water partition coefficient (Wildman–Crippen LogP) is 2.48. The number of aryl methyl sites for hydroxylation is 1. The molecule has 0 aliphatic carbocycles. The van der Waals surface area contributed by atoms with Gasteiger partial charge in [-0.05, 0) is 57.9 Å². The van der Waals surface area contributed by atoms with Crippen molar-refractivity contribution in [2.75, 3.05) is 36.0 Å². The number of amides is 1. The van der Waals surface area contributed by atoms with Gasteiger partial charge in [0.05, 0.1) is 5.54 Å². The van der Waals surface area contributed by atoms with Crippen LogP contribution in [0, 0.1) is 6.92 Å². The number of piperidine rings is 1. The van der Waals surface area contributed by atoms with E-state index in [2.05, 4.69) is 50.0 Å². The molecule has 176 valence electrons. The lowest BCUT2D eigenvalue weighted by Crippen LogP contribution is -2.60. The van der Waals surface area contributed by atoms with Gasteiger partial charge >= 0.3 is 0 Å². The summed E-state index contributed by atoms with van der Waals surface area (Å²) in [6.07, 6.45) is 4.72. The van der Waals surface area contributed by atoms with Crippen LogP contribution >= 0.6 is 0 Å². The van der Waals surface area contributed by atoms with Crippen LogP contribution < -0.4 is 15.5 Å². The summed E-state index contributed by atoms with van der Waals surface area (Å²) in [5, 5.41) is 0. The van der Waals surface area contributed by atoms with E-state index >= 15 is 0 Å². The standard InChI is InChI=1S/C25H35N7O/c1-17-27-23(30-11-13-31(14-12-30)25(2,3)22(26)33)29-24(28-17)32-20-9-10-21(32)16-19(15-20)18-7-5-4-6-8-18/h4-8,19-21H,9-16H2,1-3H3,(H2,26,33)/t19?,20-,21+. The van der Waals surface area contributed by atoms with Crippen LogP contribution in [0.1, 0.15) is 56.8 Å². The molecule has 1 unspecified atom stereocenters. The van der Waals surface area contributed by atoms with Gasteiger partial charge in [0.15, 0.2) is 0 Å². The summed E-state index contributed by atoms with van der Waals surface area (Å²) >= 11 is 0. The van der Waals surface area contributed by atoms with Gasteiger partial charge in [0.1, 0.15) is 5.82 Å². The number of rotatable bonds is 5. The van der Waals surface area contributed by atoms with Gasteiger partial charge < -0.3 is 15.5 Å². The number of piperazine rings is 1. The van der Waals surface area contributed by atoms with Crippen LogP contribution in [-0.2, 0) is 4.79 Å². The van der Waals surface area contributed by atoms with E-state index in [1.54, 1.807) is 0 Å². The van der Waals surface area contributed by atoms with Crippen LogP contribution in [0.15, 0.2) is 30.3 Å². The lowest BCUT2D eigenvalue weighted by atomic mass is 9.85. The molecule has 8 heteroatoms. The van der Waals surface area contributed by atoms with E-state index < -0.39 is 5.54 Å². The maximum absolute atomic E-state index is 11.8. The fraction of sp³-hybridized carbons (Fsp3) is 0.600. The van der Waals surface area contributed by atoms with Gasteiger partial charge in [0, 0.05) is 38.3 Å². The van der Waals surface area contributed by atoms with Crippen LogP contribution in [-0.4, -0.2) is 69.6 Å². The molecule has 3 aliphatic heterocycles. The zero-order chi connectivity index (χ0) is 23.2. The first-order chi connectivity index (χ1) is 15.8. The van der Waals surface area contributed by atoms with Gasteiger partial charge in [0.25, 0.3) is 0 Å². The molecule has 5 rings (SSSR count). The summed E-state index contributed by atoms with van der Waals surface area (Å²) in [6, 6.07) is 11.9. The summed E-state index contributed by atoms with van der Waals surface area (Å²) in [6.45, 7) is 8.79. The molecule has 2 bridgehead atoms. The first-order valence-electron chi connectivity index (χ1n) is 12.2. The van der Waals surface area contributed by atoms with Crippen molar-refractivity contribution in [3.63, 3.8) is 0 Å². The lowest BCUT2D eigenvalue weighted by Gasteiger charge is -2.42. The fourth-order valence-electron chi connectivity index (χ4n) is 5.83. The summed E-state index contributed by atoms with van der Waals surface area (Å²) in [5.74, 6) is 2.67. The fourth-order valence-corrected chi connectivity index (χ4v) is 5.83. The number of hydrogen-bond acceptors (Lipinski definition) is 7. The number of carbonyl (C=O) groups excluding carboxylic acids is 1. The van der Waals surface area contributed by atoms with Gasteiger partial charge in [-0.3, -0.25) is 9.69 Å². The molecule has 0 spiro atoms. The summed E-state index contributed by atoms with van der Waals surface area (Å²) in [5.41, 5.74) is 6.43. The molecule has 2 N–H and O–H groups in total. The molecule has 1 aromatic heterocycles. The Bertz CT molecular complexity index is 989. The van der Waals surface area contributed by atoms with Gasteiger partial charge in [0.2, 0.25) is 17.8 Å². The molecule has 8 nitrogen and oxygen atoms in total. The van der Waals surface area contributed by atoms with Crippen molar-refractivity contribution in [3.05, 3.63) is 41.7 Å². The van der Waals surface area contributed by atoms with Crippen LogP contribution in [0.4, 0.5) is 11.9 Å². The van der Waals surface area contributed by atoms with E-state index in [1.807, 2.05) is 20.8 Å². The Kier molecular flexibility index (Phi) is 5.72. The van der Waals surface area contributed by atoms with Crippen molar-refractivity contribution in [1.29, 1.82) is 0 Å². The Labute approximate surface area is 196 Å². The second-order valence-electron chi connectivity index (χ2n) is 10.3. The minimum absolute atomic E-state index is 0.288. The highest BCUT2D eigenvalue weighted by molar-refractivity contribution is 5.83. The summed E-state index contributed by atoms with van der Waals surface area (Å²) < 4.78 is 0. The van der Waals surface area contributed by atoms with E-state index in [1.165, 1.54) is 18.4 Å². The van der Waals surface area contributed by atoms with E-state index in [0.29, 0.717) is 18.0 Å². The average molecular weight is 450 g/mol. The maximum Gasteiger partial charge on any atom is 0.237 e. The van der Waals surface area contributed by atoms with Gasteiger partial charge in [-0.15, -0.1) is 0 Å². The average Bonchev–Trinajstić information content (AvgIpc) is 3.08. The monoisotopic (exact) mass is 449 g/mol. The number of hydrogen-bond donors (Lipinski definition) is 1. The van der Waals surface area contributed by atoms with Crippen molar-refractivity contribution in [2.45, 2.75) is 70.0 Å². The number of nitrogens with zero attached hydrogens (tertiary/aromatic N) is 6. The van der Waals surface area contributed by atoms with E-state index in [-0.39, 0.29) is 5.91 Å². The molecule has 3 fully saturated rings. The van der Waals surface area contributed by atoms with Crippen LogP contribution in [0.25, 0.3) is 0 Å². The summed E-state index contributed by atoms with van der Waals surface area (Å²) in [4.78, 5) is 33.1. The minimum atomic E-state index is -0.644. The molecule has 2 aromatic rings. The topological polar surface area (TPSA) is 91.5 Å². The van der Waals surface area contributed by atoms with Crippen LogP contribution in [0.3, 0.4) is 0 Å². The largest absolute Gasteiger partial charge is 0.368 e. The molecule has 33 heavy (non-hydrogen) atoms. The molecule has 3 saturated heterocycles. The molecule has 1 amide bonds. The molecule has 3 aliphatic rings. The number of benzene rings is 1. The van der Waals surface area contributed by atoms with Gasteiger partial charge in [-0.25, -0.2) is 0 Å². The minimum Gasteiger partial charge on any atom is -0.368 e. The molecule has 4 heterocycles. The molecule has 1 aromatic carbocycles. The predicted molar refractivity (Wildman–Crippen MR) is 129 cm³/mol. The zero-order valence-corrected chi connectivity index (χ0v) is 19.9. The number of anilines is 2. The van der Waals surface area contributed by atoms with Crippen molar-refractivity contribution in [2.24, 2.45) is 5.73 Å². The molecule has 0 saturated carbocycles. The molecule has 3 atom stereocenters. The number of carbonyl (C=O) groups is 1. The summed E-state index contributed by atoms with van der Waals surface area (Å²) in [7, 11) is 0. The maximum atomic E-state index is 11.8. The number of primary amides is 1. The quantitative estimate of drug-likeness (QED) is 0.750. The number of fused-ring (bicyclic) bond motifs is 2. The third-order valence-corrected chi connectivity index (χ3v) is 7.91. The van der Waals surface area contributed by atoms with Gasteiger partial charge in [-0.2, -0.15) is 15.0 Å². The SMILES string of the molecule is Cc1nc(N2CCN(C(C)(C)C(N)=O)CC2)nc(N2[C@@H]3CC[C@H]2CC(c2ccccc2)C3)n1. The highest BCUT2D eigenvalue weighted by Gasteiger charge is 2.43. The lowest BCUT2D eigenvalue weighted by molar-refractivity contribution is -0.128. The molecular weight excluding hydrogens is 414 g/mol. The normalized spacial score (nSPS) is 26.0. The Hall–Kier alpha value is -2.74. The third kappa shape index (κ3) is 4.16. The number of nitrogens with two attached hydrogens (primary N) is 1. The molecule has 0 radical (unpaired) electrons. The molecular formula is C25H35N7O. The van der Waals surface area contributed by atoms with Gasteiger partial charge in [-0.1, -0.05) is 30.3 Å². The van der Waals surface area contributed by atoms with Crippen molar-refractivity contribution >= 4 is 17.8 Å². The van der Waals surface area contributed by atoms with E-state index in [0.717, 1.165) is 56.7 Å². The van der Waals surface area contributed by atoms with E-state index in [9.17, 15) is 4.79 Å². The third-order valence-electron chi connectivity index (χ3n) is 7.91. The highest BCUT2D eigenvalue weighted by atomic mass is 16.1. The van der Waals surface area contributed by atoms with E-state index in [4.69, 9.17) is 15.7 Å². The Morgan fingerprint density at radius 3 is 2.15 bits per heavy atom. The highest BCUT2D eigenvalue weighted by Crippen LogP contribution is 2.44. The van der Waals surface area contributed by atoms with Crippen molar-refractivity contribution in [3.8, 4) is 0 Å². The van der Waals surface area contributed by atoms with Crippen LogP contribution in [0.2, 0.25) is 0 Å². The second kappa shape index (κ2) is 8.56. The zero-order valence-electron chi connectivity index (χ0n) is 19.9. The Morgan fingerprint density at radius 1 is 0.939 bits per heavy atom. The second-order valence-corrected chi connectivity index (χ2v) is 10.3. The Morgan fingerprint density at radius 2 is 1.55 bits per heavy atom. The smallest absolute Gasteiger partial charge is 0.237 e. The Balaban J connectivity index is 1.32. The number of aromatic nitrogens is 3. The first kappa shape index (κ1) is 22.1. The van der Waals surface area contributed by atoms with Crippen molar-refractivity contribution < 1.29 is 4.79 Å².